The summed E-state index contributed by atoms with van der Waals surface area (Å²) in [5.41, 5.74) is 1.84. The van der Waals surface area contributed by atoms with Gasteiger partial charge in [-0.3, -0.25) is 4.98 Å². The van der Waals surface area contributed by atoms with Crippen molar-refractivity contribution in [3.8, 4) is 0 Å². The minimum Gasteiger partial charge on any atom is -0.444 e. The number of hydrogen-bond donors (Lipinski definition) is 1. The number of amides is 1. The molecule has 0 aliphatic carbocycles. The van der Waals surface area contributed by atoms with E-state index in [1.807, 2.05) is 40.0 Å². The molecular formula is C16H25N3O2. The minimum atomic E-state index is -0.430. The van der Waals surface area contributed by atoms with Crippen molar-refractivity contribution in [1.82, 2.24) is 9.88 Å². The fraction of sp³-hybridized carbons (Fsp3) is 0.625. The molecule has 0 spiro atoms. The third-order valence-electron chi connectivity index (χ3n) is 3.53. The van der Waals surface area contributed by atoms with E-state index >= 15 is 0 Å². The van der Waals surface area contributed by atoms with E-state index in [4.69, 9.17) is 4.74 Å². The lowest BCUT2D eigenvalue weighted by molar-refractivity contribution is 0.0210. The third-order valence-corrected chi connectivity index (χ3v) is 3.53. The highest BCUT2D eigenvalue weighted by Crippen LogP contribution is 2.20. The Hall–Kier alpha value is -1.78. The van der Waals surface area contributed by atoms with Gasteiger partial charge in [0.1, 0.15) is 5.60 Å². The molecule has 2 rings (SSSR count). The molecule has 5 heteroatoms. The summed E-state index contributed by atoms with van der Waals surface area (Å²) in [6.45, 7) is 9.20. The van der Waals surface area contributed by atoms with E-state index in [-0.39, 0.29) is 6.09 Å². The lowest BCUT2D eigenvalue weighted by atomic mass is 10.0. The number of pyridine rings is 1. The Morgan fingerprint density at radius 3 is 2.62 bits per heavy atom. The number of piperidine rings is 1. The highest BCUT2D eigenvalue weighted by molar-refractivity contribution is 5.68. The summed E-state index contributed by atoms with van der Waals surface area (Å²) < 4.78 is 5.41. The first-order valence-corrected chi connectivity index (χ1v) is 7.50. The van der Waals surface area contributed by atoms with Crippen LogP contribution in [0.4, 0.5) is 10.5 Å². The largest absolute Gasteiger partial charge is 0.444 e. The van der Waals surface area contributed by atoms with Crippen LogP contribution in [-0.4, -0.2) is 40.7 Å². The van der Waals surface area contributed by atoms with Gasteiger partial charge >= 0.3 is 6.09 Å². The number of carbonyl (C=O) groups is 1. The molecule has 2 heterocycles. The number of nitrogens with one attached hydrogen (secondary N) is 1. The summed E-state index contributed by atoms with van der Waals surface area (Å²) in [6.07, 6.45) is 5.31. The fourth-order valence-electron chi connectivity index (χ4n) is 2.39. The molecule has 1 aliphatic rings. The Balaban J connectivity index is 1.83. The first-order valence-electron chi connectivity index (χ1n) is 7.50. The Labute approximate surface area is 126 Å². The Morgan fingerprint density at radius 2 is 2.05 bits per heavy atom. The average Bonchev–Trinajstić information content (AvgIpc) is 2.40. The number of anilines is 1. The number of aryl methyl sites for hydroxylation is 1. The zero-order valence-corrected chi connectivity index (χ0v) is 13.3. The molecule has 0 unspecified atom stereocenters. The molecule has 0 atom stereocenters. The summed E-state index contributed by atoms with van der Waals surface area (Å²) in [4.78, 5) is 17.9. The molecule has 5 nitrogen and oxygen atoms in total. The van der Waals surface area contributed by atoms with Gasteiger partial charge in [0.25, 0.3) is 0 Å². The van der Waals surface area contributed by atoms with Crippen LogP contribution >= 0.6 is 0 Å². The lowest BCUT2D eigenvalue weighted by Gasteiger charge is -2.34. The molecule has 116 valence electrons. The average molecular weight is 291 g/mol. The van der Waals surface area contributed by atoms with Crippen LogP contribution in [0.15, 0.2) is 18.5 Å². The zero-order chi connectivity index (χ0) is 15.5. The Bertz CT molecular complexity index is 489. The van der Waals surface area contributed by atoms with Crippen molar-refractivity contribution >= 4 is 11.8 Å². The Kier molecular flexibility index (Phi) is 4.70. The first-order chi connectivity index (χ1) is 9.85. The number of aromatic nitrogens is 1. The van der Waals surface area contributed by atoms with Gasteiger partial charge in [0, 0.05) is 37.2 Å². The topological polar surface area (TPSA) is 54.5 Å². The maximum atomic E-state index is 12.0. The summed E-state index contributed by atoms with van der Waals surface area (Å²) in [6, 6.07) is 2.39. The SMILES string of the molecule is Cc1cnccc1NC1CCN(C(=O)OC(C)(C)C)CC1. The van der Waals surface area contributed by atoms with Crippen molar-refractivity contribution in [1.29, 1.82) is 0 Å². The second kappa shape index (κ2) is 6.33. The maximum absolute atomic E-state index is 12.0. The van der Waals surface area contributed by atoms with Crippen molar-refractivity contribution in [3.63, 3.8) is 0 Å². The molecule has 21 heavy (non-hydrogen) atoms. The van der Waals surface area contributed by atoms with Crippen LogP contribution in [0.25, 0.3) is 0 Å². The van der Waals surface area contributed by atoms with E-state index in [0.717, 1.165) is 37.2 Å². The van der Waals surface area contributed by atoms with E-state index in [2.05, 4.69) is 10.3 Å². The van der Waals surface area contributed by atoms with Gasteiger partial charge in [0.15, 0.2) is 0 Å². The molecule has 1 amide bonds. The van der Waals surface area contributed by atoms with Gasteiger partial charge < -0.3 is 15.0 Å². The second-order valence-electron chi connectivity index (χ2n) is 6.58. The smallest absolute Gasteiger partial charge is 0.410 e. The van der Waals surface area contributed by atoms with Crippen molar-refractivity contribution in [2.45, 2.75) is 52.2 Å². The van der Waals surface area contributed by atoms with Crippen LogP contribution < -0.4 is 5.32 Å². The van der Waals surface area contributed by atoms with Crippen LogP contribution in [0.3, 0.4) is 0 Å². The standard InChI is InChI=1S/C16H25N3O2/c1-12-11-17-8-5-14(12)18-13-6-9-19(10-7-13)15(20)21-16(2,3)4/h5,8,11,13H,6-7,9-10H2,1-4H3,(H,17,18). The van der Waals surface area contributed by atoms with Crippen molar-refractivity contribution in [2.75, 3.05) is 18.4 Å². The summed E-state index contributed by atoms with van der Waals surface area (Å²) in [7, 11) is 0. The maximum Gasteiger partial charge on any atom is 0.410 e. The molecule has 0 aromatic carbocycles. The van der Waals surface area contributed by atoms with E-state index in [9.17, 15) is 4.79 Å². The predicted molar refractivity (Wildman–Crippen MR) is 83.4 cm³/mol. The number of rotatable bonds is 2. The molecule has 1 saturated heterocycles. The minimum absolute atomic E-state index is 0.207. The number of hydrogen-bond acceptors (Lipinski definition) is 4. The van der Waals surface area contributed by atoms with Gasteiger partial charge in [-0.05, 0) is 52.2 Å². The highest BCUT2D eigenvalue weighted by atomic mass is 16.6. The van der Waals surface area contributed by atoms with Crippen LogP contribution in [0.5, 0.6) is 0 Å². The lowest BCUT2D eigenvalue weighted by Crippen LogP contribution is -2.44. The second-order valence-corrected chi connectivity index (χ2v) is 6.58. The van der Waals surface area contributed by atoms with E-state index < -0.39 is 5.60 Å². The molecular weight excluding hydrogens is 266 g/mol. The molecule has 1 N–H and O–H groups in total. The van der Waals surface area contributed by atoms with E-state index in [1.165, 1.54) is 0 Å². The molecule has 1 aromatic heterocycles. The van der Waals surface area contributed by atoms with E-state index in [1.54, 1.807) is 11.1 Å². The molecule has 1 aromatic rings. The predicted octanol–water partition coefficient (Wildman–Crippen LogP) is 3.20. The van der Waals surface area contributed by atoms with Crippen LogP contribution in [-0.2, 0) is 4.74 Å². The summed E-state index contributed by atoms with van der Waals surface area (Å²) >= 11 is 0. The van der Waals surface area contributed by atoms with Gasteiger partial charge in [-0.15, -0.1) is 0 Å². The third kappa shape index (κ3) is 4.62. The summed E-state index contributed by atoms with van der Waals surface area (Å²) in [5.74, 6) is 0. The quantitative estimate of drug-likeness (QED) is 0.909. The molecule has 0 saturated carbocycles. The van der Waals surface area contributed by atoms with Crippen molar-refractivity contribution in [2.24, 2.45) is 0 Å². The first kappa shape index (κ1) is 15.6. The van der Waals surface area contributed by atoms with Crippen molar-refractivity contribution < 1.29 is 9.53 Å². The van der Waals surface area contributed by atoms with Gasteiger partial charge in [-0.25, -0.2) is 4.79 Å². The number of ether oxygens (including phenoxy) is 1. The normalized spacial score (nSPS) is 16.7. The molecule has 0 bridgehead atoms. The van der Waals surface area contributed by atoms with Gasteiger partial charge in [0.05, 0.1) is 0 Å². The monoisotopic (exact) mass is 291 g/mol. The molecule has 0 radical (unpaired) electrons. The van der Waals surface area contributed by atoms with Crippen LogP contribution in [0, 0.1) is 6.92 Å². The Morgan fingerprint density at radius 1 is 1.38 bits per heavy atom. The van der Waals surface area contributed by atoms with Crippen LogP contribution in [0.2, 0.25) is 0 Å². The number of nitrogens with zero attached hydrogens (tertiary/aromatic N) is 2. The van der Waals surface area contributed by atoms with Crippen LogP contribution in [0.1, 0.15) is 39.2 Å². The van der Waals surface area contributed by atoms with Gasteiger partial charge in [0.2, 0.25) is 0 Å². The number of carbonyl (C=O) groups excluding carboxylic acids is 1. The zero-order valence-electron chi connectivity index (χ0n) is 13.3. The fourth-order valence-corrected chi connectivity index (χ4v) is 2.39. The van der Waals surface area contributed by atoms with E-state index in [0.29, 0.717) is 6.04 Å². The number of likely N-dealkylation sites (tertiary alicyclic amines) is 1. The molecule has 1 fully saturated rings. The summed E-state index contributed by atoms with van der Waals surface area (Å²) in [5, 5.41) is 3.54. The van der Waals surface area contributed by atoms with Crippen molar-refractivity contribution in [3.05, 3.63) is 24.0 Å². The highest BCUT2D eigenvalue weighted by Gasteiger charge is 2.26. The van der Waals surface area contributed by atoms with Gasteiger partial charge in [-0.2, -0.15) is 0 Å². The molecule has 1 aliphatic heterocycles. The van der Waals surface area contributed by atoms with Gasteiger partial charge in [-0.1, -0.05) is 0 Å².